The molecule has 0 saturated heterocycles. The fourth-order valence-electron chi connectivity index (χ4n) is 3.24. The van der Waals surface area contributed by atoms with Crippen molar-refractivity contribution in [2.75, 3.05) is 5.32 Å². The van der Waals surface area contributed by atoms with Crippen molar-refractivity contribution in [3.8, 4) is 0 Å². The number of hydrogen-bond acceptors (Lipinski definition) is 3. The number of hydrogen-bond donors (Lipinski definition) is 2. The van der Waals surface area contributed by atoms with Gasteiger partial charge >= 0.3 is 5.97 Å². The zero-order valence-corrected chi connectivity index (χ0v) is 15.6. The van der Waals surface area contributed by atoms with E-state index >= 15 is 0 Å². The SMILES string of the molecule is Cc1ccc(SC2CCCC2)c(C(=O)Nc2cccc(CC(=O)O)c2)c1. The Bertz CT molecular complexity index is 813. The van der Waals surface area contributed by atoms with E-state index in [9.17, 15) is 9.59 Å². The molecule has 136 valence electrons. The minimum absolute atomic E-state index is 0.0586. The van der Waals surface area contributed by atoms with Crippen LogP contribution in [-0.4, -0.2) is 22.2 Å². The van der Waals surface area contributed by atoms with Crippen molar-refractivity contribution < 1.29 is 14.7 Å². The zero-order valence-electron chi connectivity index (χ0n) is 14.8. The lowest BCUT2D eigenvalue weighted by molar-refractivity contribution is -0.136. The molecular weight excluding hydrogens is 346 g/mol. The third-order valence-electron chi connectivity index (χ3n) is 4.52. The summed E-state index contributed by atoms with van der Waals surface area (Å²) in [4.78, 5) is 24.7. The molecule has 0 aromatic heterocycles. The molecular formula is C21H23NO3S. The number of carboxylic acid groups (broad SMARTS) is 1. The summed E-state index contributed by atoms with van der Waals surface area (Å²) in [6.07, 6.45) is 4.88. The molecule has 0 atom stereocenters. The third-order valence-corrected chi connectivity index (χ3v) is 5.93. The molecule has 1 aliphatic rings. The summed E-state index contributed by atoms with van der Waals surface area (Å²) in [5.74, 6) is -1.04. The lowest BCUT2D eigenvalue weighted by Gasteiger charge is -2.14. The van der Waals surface area contributed by atoms with Gasteiger partial charge in [0, 0.05) is 15.8 Å². The van der Waals surface area contributed by atoms with Crippen molar-refractivity contribution in [1.82, 2.24) is 0 Å². The van der Waals surface area contributed by atoms with Gasteiger partial charge in [0.05, 0.1) is 12.0 Å². The van der Waals surface area contributed by atoms with Gasteiger partial charge in [-0.2, -0.15) is 0 Å². The van der Waals surface area contributed by atoms with Crippen LogP contribution in [0.5, 0.6) is 0 Å². The number of benzene rings is 2. The van der Waals surface area contributed by atoms with Crippen molar-refractivity contribution >= 4 is 29.3 Å². The van der Waals surface area contributed by atoms with Crippen LogP contribution in [0, 0.1) is 6.92 Å². The Kier molecular flexibility index (Phi) is 5.99. The zero-order chi connectivity index (χ0) is 18.5. The van der Waals surface area contributed by atoms with Crippen LogP contribution in [0.2, 0.25) is 0 Å². The van der Waals surface area contributed by atoms with E-state index in [0.29, 0.717) is 22.1 Å². The number of aliphatic carboxylic acids is 1. The Morgan fingerprint density at radius 2 is 1.92 bits per heavy atom. The molecule has 26 heavy (non-hydrogen) atoms. The van der Waals surface area contributed by atoms with Gasteiger partial charge < -0.3 is 10.4 Å². The number of carboxylic acids is 1. The second-order valence-electron chi connectivity index (χ2n) is 6.75. The van der Waals surface area contributed by atoms with Gasteiger partial charge in [0.2, 0.25) is 0 Å². The van der Waals surface area contributed by atoms with Crippen LogP contribution in [0.25, 0.3) is 0 Å². The molecule has 5 heteroatoms. The second kappa shape index (κ2) is 8.41. The number of carbonyl (C=O) groups excluding carboxylic acids is 1. The van der Waals surface area contributed by atoms with Gasteiger partial charge in [-0.1, -0.05) is 36.6 Å². The highest BCUT2D eigenvalue weighted by Gasteiger charge is 2.20. The molecule has 2 aromatic rings. The monoisotopic (exact) mass is 369 g/mol. The number of thioether (sulfide) groups is 1. The number of aryl methyl sites for hydroxylation is 1. The second-order valence-corrected chi connectivity index (χ2v) is 8.09. The van der Waals surface area contributed by atoms with Crippen molar-refractivity contribution in [3.05, 3.63) is 59.2 Å². The highest BCUT2D eigenvalue weighted by atomic mass is 32.2. The number of rotatable bonds is 6. The molecule has 1 saturated carbocycles. The molecule has 0 bridgehead atoms. The maximum absolute atomic E-state index is 12.9. The molecule has 1 aliphatic carbocycles. The van der Waals surface area contributed by atoms with Gasteiger partial charge in [0.15, 0.2) is 0 Å². The number of carbonyl (C=O) groups is 2. The van der Waals surface area contributed by atoms with Crippen LogP contribution < -0.4 is 5.32 Å². The molecule has 0 spiro atoms. The number of anilines is 1. The molecule has 3 rings (SSSR count). The third kappa shape index (κ3) is 4.88. The first-order valence-corrected chi connectivity index (χ1v) is 9.78. The van der Waals surface area contributed by atoms with Crippen LogP contribution >= 0.6 is 11.8 Å². The van der Waals surface area contributed by atoms with Gasteiger partial charge in [0.25, 0.3) is 5.91 Å². The van der Waals surface area contributed by atoms with E-state index in [2.05, 4.69) is 5.32 Å². The standard InChI is InChI=1S/C21H23NO3S/c1-14-9-10-19(26-17-7-2-3-8-17)18(11-14)21(25)22-16-6-4-5-15(12-16)13-20(23)24/h4-6,9-12,17H,2-3,7-8,13H2,1H3,(H,22,25)(H,23,24). The van der Waals surface area contributed by atoms with Crippen molar-refractivity contribution in [2.24, 2.45) is 0 Å². The van der Waals surface area contributed by atoms with E-state index in [1.807, 2.05) is 25.1 Å². The predicted molar refractivity (Wildman–Crippen MR) is 105 cm³/mol. The normalized spacial score (nSPS) is 14.3. The Morgan fingerprint density at radius 1 is 1.15 bits per heavy atom. The average molecular weight is 369 g/mol. The van der Waals surface area contributed by atoms with Crippen LogP contribution in [-0.2, 0) is 11.2 Å². The fourth-order valence-corrected chi connectivity index (χ4v) is 4.60. The largest absolute Gasteiger partial charge is 0.481 e. The molecule has 2 aromatic carbocycles. The van der Waals surface area contributed by atoms with E-state index in [1.54, 1.807) is 36.0 Å². The van der Waals surface area contributed by atoms with Gasteiger partial charge in [-0.3, -0.25) is 9.59 Å². The molecule has 2 N–H and O–H groups in total. The lowest BCUT2D eigenvalue weighted by Crippen LogP contribution is -2.14. The van der Waals surface area contributed by atoms with Crippen LogP contribution in [0.15, 0.2) is 47.4 Å². The summed E-state index contributed by atoms with van der Waals surface area (Å²) >= 11 is 1.80. The lowest BCUT2D eigenvalue weighted by atomic mass is 10.1. The van der Waals surface area contributed by atoms with Crippen LogP contribution in [0.4, 0.5) is 5.69 Å². The van der Waals surface area contributed by atoms with E-state index in [-0.39, 0.29) is 12.3 Å². The molecule has 0 heterocycles. The van der Waals surface area contributed by atoms with Gasteiger partial charge in [-0.05, 0) is 49.6 Å². The Morgan fingerprint density at radius 3 is 2.65 bits per heavy atom. The summed E-state index contributed by atoms with van der Waals surface area (Å²) in [6, 6.07) is 13.0. The summed E-state index contributed by atoms with van der Waals surface area (Å²) < 4.78 is 0. The molecule has 0 aliphatic heterocycles. The maximum Gasteiger partial charge on any atom is 0.307 e. The van der Waals surface area contributed by atoms with E-state index in [4.69, 9.17) is 5.11 Å². The van der Waals surface area contributed by atoms with Crippen molar-refractivity contribution in [2.45, 2.75) is 49.2 Å². The molecule has 0 unspecified atom stereocenters. The molecule has 1 amide bonds. The summed E-state index contributed by atoms with van der Waals surface area (Å²) in [5.41, 5.74) is 3.02. The van der Waals surface area contributed by atoms with Crippen LogP contribution in [0.1, 0.15) is 47.2 Å². The molecule has 4 nitrogen and oxygen atoms in total. The van der Waals surface area contributed by atoms with E-state index < -0.39 is 5.97 Å². The first-order chi connectivity index (χ1) is 12.5. The summed E-state index contributed by atoms with van der Waals surface area (Å²) in [7, 11) is 0. The van der Waals surface area contributed by atoms with Gasteiger partial charge in [-0.25, -0.2) is 0 Å². The Balaban J connectivity index is 1.78. The van der Waals surface area contributed by atoms with Gasteiger partial charge in [-0.15, -0.1) is 11.8 Å². The minimum atomic E-state index is -0.887. The highest BCUT2D eigenvalue weighted by molar-refractivity contribution is 8.00. The topological polar surface area (TPSA) is 66.4 Å². The average Bonchev–Trinajstić information content (AvgIpc) is 3.09. The smallest absolute Gasteiger partial charge is 0.307 e. The number of amides is 1. The maximum atomic E-state index is 12.9. The predicted octanol–water partition coefficient (Wildman–Crippen LogP) is 4.91. The van der Waals surface area contributed by atoms with E-state index in [0.717, 1.165) is 10.5 Å². The molecule has 1 fully saturated rings. The molecule has 0 radical (unpaired) electrons. The first kappa shape index (κ1) is 18.5. The Labute approximate surface area is 158 Å². The highest BCUT2D eigenvalue weighted by Crippen LogP contribution is 2.36. The van der Waals surface area contributed by atoms with Gasteiger partial charge in [0.1, 0.15) is 0 Å². The summed E-state index contributed by atoms with van der Waals surface area (Å²) in [5, 5.41) is 12.4. The van der Waals surface area contributed by atoms with Crippen molar-refractivity contribution in [3.63, 3.8) is 0 Å². The quantitative estimate of drug-likeness (QED) is 0.759. The fraction of sp³-hybridized carbons (Fsp3) is 0.333. The first-order valence-electron chi connectivity index (χ1n) is 8.90. The Hall–Kier alpha value is -2.27. The summed E-state index contributed by atoms with van der Waals surface area (Å²) in [6.45, 7) is 1.98. The van der Waals surface area contributed by atoms with Crippen LogP contribution in [0.3, 0.4) is 0 Å². The minimum Gasteiger partial charge on any atom is -0.481 e. The number of nitrogens with one attached hydrogen (secondary N) is 1. The van der Waals surface area contributed by atoms with Crippen molar-refractivity contribution in [1.29, 1.82) is 0 Å². The van der Waals surface area contributed by atoms with E-state index in [1.165, 1.54) is 25.7 Å².